The van der Waals surface area contributed by atoms with E-state index in [2.05, 4.69) is 16.3 Å². The van der Waals surface area contributed by atoms with Crippen LogP contribution in [0.1, 0.15) is 6.42 Å². The largest absolute Gasteiger partial charge is 0.497 e. The highest BCUT2D eigenvalue weighted by Gasteiger charge is 2.39. The smallest absolute Gasteiger partial charge is 0.294 e. The number of thiophene rings is 1. The fourth-order valence-corrected chi connectivity index (χ4v) is 5.98. The van der Waals surface area contributed by atoms with Gasteiger partial charge in [-0.2, -0.15) is 8.42 Å². The maximum Gasteiger partial charge on any atom is 0.294 e. The van der Waals surface area contributed by atoms with Crippen molar-refractivity contribution < 1.29 is 22.7 Å². The number of nitrogens with zero attached hydrogens (tertiary/aromatic N) is 2. The zero-order chi connectivity index (χ0) is 21.7. The third kappa shape index (κ3) is 5.10. The van der Waals surface area contributed by atoms with Gasteiger partial charge < -0.3 is 10.1 Å². The quantitative estimate of drug-likeness (QED) is 0.601. The molecule has 1 N–H and O–H groups in total. The molecule has 2 aromatic rings. The van der Waals surface area contributed by atoms with Crippen molar-refractivity contribution in [2.75, 3.05) is 19.0 Å². The monoisotopic (exact) mass is 465 g/mol. The Morgan fingerprint density at radius 1 is 1.37 bits per heavy atom. The van der Waals surface area contributed by atoms with Crippen LogP contribution < -0.4 is 10.1 Å². The number of hydrogen-bond acceptors (Lipinski definition) is 7. The lowest BCUT2D eigenvalue weighted by atomic mass is 10.2. The number of carbonyl (C=O) groups excluding carboxylic acids is 2. The first-order valence-electron chi connectivity index (χ1n) is 8.75. The van der Waals surface area contributed by atoms with Crippen molar-refractivity contribution >= 4 is 55.8 Å². The first-order valence-corrected chi connectivity index (χ1v) is 12.0. The minimum atomic E-state index is -3.94. The van der Waals surface area contributed by atoms with E-state index < -0.39 is 15.3 Å². The van der Waals surface area contributed by atoms with Crippen LogP contribution in [0.5, 0.6) is 5.75 Å². The topological polar surface area (TPSA) is 105 Å². The molecule has 0 aliphatic carbocycles. The number of amides is 2. The fourth-order valence-electron chi connectivity index (χ4n) is 2.65. The second kappa shape index (κ2) is 9.45. The molecule has 0 bridgehead atoms. The van der Waals surface area contributed by atoms with Gasteiger partial charge in [-0.3, -0.25) is 14.5 Å². The minimum Gasteiger partial charge on any atom is -0.497 e. The van der Waals surface area contributed by atoms with Gasteiger partial charge in [-0.05, 0) is 23.6 Å². The van der Waals surface area contributed by atoms with Crippen molar-refractivity contribution in [1.29, 1.82) is 0 Å². The van der Waals surface area contributed by atoms with E-state index in [0.717, 1.165) is 23.1 Å². The molecule has 11 heteroatoms. The standard InChI is InChI=1S/C19H19N3O5S3/c1-3-9-22-18(24)15(12-16(23)20-13-6-4-7-14(11-13)27-2)29-19(22)21-30(25,26)17-8-5-10-28-17/h3-8,10-11,15H,1,9,12H2,2H3,(H,20,23). The van der Waals surface area contributed by atoms with Crippen LogP contribution in [-0.2, 0) is 19.6 Å². The average Bonchev–Trinajstić information content (AvgIpc) is 3.34. The summed E-state index contributed by atoms with van der Waals surface area (Å²) in [5.41, 5.74) is 0.534. The summed E-state index contributed by atoms with van der Waals surface area (Å²) in [6.07, 6.45) is 1.34. The normalized spacial score (nSPS) is 17.9. The summed E-state index contributed by atoms with van der Waals surface area (Å²) in [5.74, 6) is -0.180. The van der Waals surface area contributed by atoms with Crippen LogP contribution in [0, 0.1) is 0 Å². The molecule has 158 valence electrons. The molecule has 0 radical (unpaired) electrons. The molecular weight excluding hydrogens is 446 g/mol. The molecule has 1 unspecified atom stereocenters. The maximum absolute atomic E-state index is 12.8. The first kappa shape index (κ1) is 22.1. The molecule has 8 nitrogen and oxygen atoms in total. The summed E-state index contributed by atoms with van der Waals surface area (Å²) in [5, 5.41) is 3.60. The van der Waals surface area contributed by atoms with Crippen LogP contribution in [0.3, 0.4) is 0 Å². The van der Waals surface area contributed by atoms with Gasteiger partial charge in [0.25, 0.3) is 10.0 Å². The van der Waals surface area contributed by atoms with E-state index in [9.17, 15) is 18.0 Å². The van der Waals surface area contributed by atoms with Crippen molar-refractivity contribution in [3.8, 4) is 5.75 Å². The van der Waals surface area contributed by atoms with Crippen LogP contribution in [0.4, 0.5) is 5.69 Å². The molecule has 30 heavy (non-hydrogen) atoms. The summed E-state index contributed by atoms with van der Waals surface area (Å²) in [6.45, 7) is 3.70. The lowest BCUT2D eigenvalue weighted by Crippen LogP contribution is -2.33. The number of benzene rings is 1. The number of hydrogen-bond donors (Lipinski definition) is 1. The van der Waals surface area contributed by atoms with Gasteiger partial charge >= 0.3 is 0 Å². The molecule has 3 rings (SSSR count). The van der Waals surface area contributed by atoms with Crippen LogP contribution in [0.25, 0.3) is 0 Å². The Bertz CT molecular complexity index is 1080. The van der Waals surface area contributed by atoms with E-state index in [0.29, 0.717) is 11.4 Å². The van der Waals surface area contributed by atoms with Gasteiger partial charge in [0, 0.05) is 24.7 Å². The van der Waals surface area contributed by atoms with Gasteiger partial charge in [0.2, 0.25) is 11.8 Å². The zero-order valence-corrected chi connectivity index (χ0v) is 18.4. The second-order valence-electron chi connectivity index (χ2n) is 6.11. The van der Waals surface area contributed by atoms with Gasteiger partial charge in [0.05, 0.1) is 7.11 Å². The SMILES string of the molecule is C=CCN1C(=O)C(CC(=O)Nc2cccc(OC)c2)SC1=NS(=O)(=O)c1cccs1. The minimum absolute atomic E-state index is 0.0347. The van der Waals surface area contributed by atoms with Crippen LogP contribution >= 0.6 is 23.1 Å². The Kier molecular flexibility index (Phi) is 6.95. The molecule has 1 aromatic carbocycles. The highest BCUT2D eigenvalue weighted by Crippen LogP contribution is 2.32. The van der Waals surface area contributed by atoms with Crippen LogP contribution in [0.15, 0.2) is 63.0 Å². The molecule has 1 atom stereocenters. The molecule has 1 saturated heterocycles. The lowest BCUT2D eigenvalue weighted by Gasteiger charge is -2.13. The maximum atomic E-state index is 12.8. The second-order valence-corrected chi connectivity index (χ2v) is 10.1. The number of nitrogens with one attached hydrogen (secondary N) is 1. The summed E-state index contributed by atoms with van der Waals surface area (Å²) >= 11 is 2.00. The zero-order valence-electron chi connectivity index (χ0n) is 16.0. The van der Waals surface area contributed by atoms with Crippen molar-refractivity contribution in [3.05, 3.63) is 54.4 Å². The number of carbonyl (C=O) groups is 2. The molecule has 1 aliphatic heterocycles. The van der Waals surface area contributed by atoms with E-state index in [1.165, 1.54) is 24.2 Å². The Hall–Kier alpha value is -2.63. The molecule has 1 aromatic heterocycles. The molecule has 2 amide bonds. The van der Waals surface area contributed by atoms with E-state index in [1.54, 1.807) is 35.7 Å². The third-order valence-corrected chi connectivity index (χ3v) is 7.93. The number of rotatable bonds is 8. The summed E-state index contributed by atoms with van der Waals surface area (Å²) in [4.78, 5) is 26.4. The van der Waals surface area contributed by atoms with Gasteiger partial charge in [-0.25, -0.2) is 0 Å². The Morgan fingerprint density at radius 3 is 2.83 bits per heavy atom. The predicted octanol–water partition coefficient (Wildman–Crippen LogP) is 2.96. The van der Waals surface area contributed by atoms with Gasteiger partial charge in [0.15, 0.2) is 5.17 Å². The number of amidine groups is 1. The fraction of sp³-hybridized carbons (Fsp3) is 0.211. The summed E-state index contributed by atoms with van der Waals surface area (Å²) in [6, 6.07) is 9.90. The van der Waals surface area contributed by atoms with E-state index in [1.807, 2.05) is 0 Å². The highest BCUT2D eigenvalue weighted by atomic mass is 32.2. The van der Waals surface area contributed by atoms with E-state index in [4.69, 9.17) is 4.74 Å². The van der Waals surface area contributed by atoms with Crippen molar-refractivity contribution in [2.45, 2.75) is 15.9 Å². The highest BCUT2D eigenvalue weighted by molar-refractivity contribution is 8.16. The molecule has 1 fully saturated rings. The van der Waals surface area contributed by atoms with Gasteiger partial charge in [0.1, 0.15) is 15.2 Å². The lowest BCUT2D eigenvalue weighted by molar-refractivity contribution is -0.127. The predicted molar refractivity (Wildman–Crippen MR) is 118 cm³/mol. The average molecular weight is 466 g/mol. The van der Waals surface area contributed by atoms with Gasteiger partial charge in [-0.1, -0.05) is 30.0 Å². The molecule has 0 spiro atoms. The number of thioether (sulfide) groups is 1. The van der Waals surface area contributed by atoms with Gasteiger partial charge in [-0.15, -0.1) is 22.3 Å². The first-order chi connectivity index (χ1) is 14.3. The molecule has 0 saturated carbocycles. The number of methoxy groups -OCH3 is 1. The summed E-state index contributed by atoms with van der Waals surface area (Å²) in [7, 11) is -2.42. The molecular formula is C19H19N3O5S3. The number of sulfonamides is 1. The molecule has 2 heterocycles. The summed E-state index contributed by atoms with van der Waals surface area (Å²) < 4.78 is 34.0. The van der Waals surface area contributed by atoms with Crippen LogP contribution in [0.2, 0.25) is 0 Å². The number of ether oxygens (including phenoxy) is 1. The number of anilines is 1. The van der Waals surface area contributed by atoms with Crippen molar-refractivity contribution in [1.82, 2.24) is 4.90 Å². The third-order valence-electron chi connectivity index (χ3n) is 4.00. The van der Waals surface area contributed by atoms with E-state index >= 15 is 0 Å². The molecule has 1 aliphatic rings. The van der Waals surface area contributed by atoms with E-state index in [-0.39, 0.29) is 34.2 Å². The van der Waals surface area contributed by atoms with Crippen LogP contribution in [-0.4, -0.2) is 49.2 Å². The van der Waals surface area contributed by atoms with Crippen molar-refractivity contribution in [2.24, 2.45) is 4.40 Å². The Morgan fingerprint density at radius 2 is 2.17 bits per heavy atom. The van der Waals surface area contributed by atoms with Crippen molar-refractivity contribution in [3.63, 3.8) is 0 Å². The Labute approximate surface area is 182 Å². The Balaban J connectivity index is 1.76.